The van der Waals surface area contributed by atoms with Crippen LogP contribution in [-0.4, -0.2) is 34.3 Å². The first-order chi connectivity index (χ1) is 10.1. The number of methoxy groups -OCH3 is 1. The Morgan fingerprint density at radius 2 is 2.14 bits per heavy atom. The molecule has 3 aromatic rings. The van der Waals surface area contributed by atoms with Crippen molar-refractivity contribution in [2.75, 3.05) is 13.4 Å². The topological polar surface area (TPSA) is 84.9 Å². The van der Waals surface area contributed by atoms with Gasteiger partial charge in [0.25, 0.3) is 5.56 Å². The van der Waals surface area contributed by atoms with E-state index in [0.29, 0.717) is 27.1 Å². The normalized spacial score (nSPS) is 11.0. The van der Waals surface area contributed by atoms with Crippen LogP contribution in [0, 0.1) is 0 Å². The molecule has 0 fully saturated rings. The van der Waals surface area contributed by atoms with Crippen molar-refractivity contribution in [3.05, 3.63) is 40.3 Å². The van der Waals surface area contributed by atoms with Gasteiger partial charge in [0.2, 0.25) is 0 Å². The minimum absolute atomic E-state index is 0.308. The highest BCUT2D eigenvalue weighted by Gasteiger charge is 2.11. The number of aromatic nitrogens is 3. The highest BCUT2D eigenvalue weighted by atomic mass is 32.2. The number of esters is 1. The van der Waals surface area contributed by atoms with E-state index in [9.17, 15) is 9.59 Å². The molecule has 0 saturated carbocycles. The fraction of sp³-hybridized carbons (Fsp3) is 0.143. The molecule has 1 aromatic carbocycles. The Labute approximate surface area is 123 Å². The molecule has 0 bridgehead atoms. The molecule has 1 N–H and O–H groups in total. The summed E-state index contributed by atoms with van der Waals surface area (Å²) in [5.74, 6) is -0.452. The van der Waals surface area contributed by atoms with Gasteiger partial charge in [0, 0.05) is 22.5 Å². The largest absolute Gasteiger partial charge is 0.465 e. The standard InChI is InChI=1S/C14H11N3O3S/c1-20-13(19)7-3-4-8-9-6-15-14(21-2)17-11(9)12(18)16-10(8)5-7/h3-6H,1-2H3,(H,16,18). The molecule has 21 heavy (non-hydrogen) atoms. The third kappa shape index (κ3) is 2.25. The molecule has 0 spiro atoms. The van der Waals surface area contributed by atoms with Crippen molar-refractivity contribution >= 4 is 39.5 Å². The Hall–Kier alpha value is -2.41. The average molecular weight is 301 g/mol. The maximum atomic E-state index is 12.1. The molecule has 2 heterocycles. The summed E-state index contributed by atoms with van der Waals surface area (Å²) in [6.45, 7) is 0. The van der Waals surface area contributed by atoms with E-state index in [-0.39, 0.29) is 5.56 Å². The van der Waals surface area contributed by atoms with Gasteiger partial charge in [0.15, 0.2) is 5.16 Å². The zero-order valence-electron chi connectivity index (χ0n) is 11.3. The zero-order valence-corrected chi connectivity index (χ0v) is 12.2. The monoisotopic (exact) mass is 301 g/mol. The molecule has 6 nitrogen and oxygen atoms in total. The van der Waals surface area contributed by atoms with Crippen molar-refractivity contribution in [2.45, 2.75) is 5.16 Å². The number of pyridine rings is 1. The molecule has 0 radical (unpaired) electrons. The Morgan fingerprint density at radius 3 is 2.86 bits per heavy atom. The number of carbonyl (C=O) groups is 1. The number of fused-ring (bicyclic) bond motifs is 3. The van der Waals surface area contributed by atoms with Gasteiger partial charge in [-0.3, -0.25) is 4.79 Å². The lowest BCUT2D eigenvalue weighted by molar-refractivity contribution is 0.0601. The van der Waals surface area contributed by atoms with Crippen molar-refractivity contribution in [3.63, 3.8) is 0 Å². The number of ether oxygens (including phenoxy) is 1. The molecule has 0 unspecified atom stereocenters. The molecular formula is C14H11N3O3S. The van der Waals surface area contributed by atoms with Gasteiger partial charge in [-0.25, -0.2) is 14.8 Å². The first-order valence-corrected chi connectivity index (χ1v) is 7.31. The lowest BCUT2D eigenvalue weighted by Gasteiger charge is -2.05. The van der Waals surface area contributed by atoms with E-state index in [2.05, 4.69) is 19.7 Å². The molecule has 106 valence electrons. The number of hydrogen-bond acceptors (Lipinski definition) is 6. The number of hydrogen-bond donors (Lipinski definition) is 1. The summed E-state index contributed by atoms with van der Waals surface area (Å²) < 4.78 is 4.67. The van der Waals surface area contributed by atoms with Gasteiger partial charge in [-0.2, -0.15) is 0 Å². The summed E-state index contributed by atoms with van der Waals surface area (Å²) in [6, 6.07) is 4.99. The molecule has 0 amide bonds. The third-order valence-corrected chi connectivity index (χ3v) is 3.71. The number of H-pyrrole nitrogens is 1. The Bertz CT molecular complexity index is 920. The van der Waals surface area contributed by atoms with Crippen molar-refractivity contribution < 1.29 is 9.53 Å². The van der Waals surface area contributed by atoms with Gasteiger partial charge in [-0.15, -0.1) is 0 Å². The molecule has 3 rings (SSSR count). The minimum Gasteiger partial charge on any atom is -0.465 e. The summed E-state index contributed by atoms with van der Waals surface area (Å²) in [5.41, 5.74) is 0.961. The molecule has 0 aliphatic heterocycles. The van der Waals surface area contributed by atoms with Gasteiger partial charge in [0.1, 0.15) is 5.52 Å². The van der Waals surface area contributed by atoms with Crippen LogP contribution in [-0.2, 0) is 4.74 Å². The van der Waals surface area contributed by atoms with Crippen molar-refractivity contribution in [2.24, 2.45) is 0 Å². The maximum Gasteiger partial charge on any atom is 0.337 e. The lowest BCUT2D eigenvalue weighted by Crippen LogP contribution is -2.10. The smallest absolute Gasteiger partial charge is 0.337 e. The van der Waals surface area contributed by atoms with Crippen LogP contribution < -0.4 is 5.56 Å². The maximum absolute atomic E-state index is 12.1. The van der Waals surface area contributed by atoms with Gasteiger partial charge < -0.3 is 9.72 Å². The van der Waals surface area contributed by atoms with Crippen LogP contribution in [0.1, 0.15) is 10.4 Å². The predicted molar refractivity (Wildman–Crippen MR) is 80.8 cm³/mol. The minimum atomic E-state index is -0.452. The number of thioether (sulfide) groups is 1. The summed E-state index contributed by atoms with van der Waals surface area (Å²) >= 11 is 1.37. The molecule has 0 aliphatic carbocycles. The highest BCUT2D eigenvalue weighted by molar-refractivity contribution is 7.98. The summed E-state index contributed by atoms with van der Waals surface area (Å²) in [7, 11) is 1.31. The van der Waals surface area contributed by atoms with Gasteiger partial charge in [-0.1, -0.05) is 17.8 Å². The van der Waals surface area contributed by atoms with E-state index >= 15 is 0 Å². The summed E-state index contributed by atoms with van der Waals surface area (Å²) in [6.07, 6.45) is 3.47. The Balaban J connectivity index is 2.34. The predicted octanol–water partition coefficient (Wildman–Crippen LogP) is 1.98. The van der Waals surface area contributed by atoms with Gasteiger partial charge >= 0.3 is 5.97 Å². The molecule has 0 aliphatic rings. The van der Waals surface area contributed by atoms with E-state index in [0.717, 1.165) is 5.39 Å². The van der Waals surface area contributed by atoms with Crippen LogP contribution >= 0.6 is 11.8 Å². The SMILES string of the molecule is COC(=O)c1ccc2c(c1)[nH]c(=O)c1nc(SC)ncc12. The van der Waals surface area contributed by atoms with Gasteiger partial charge in [0.05, 0.1) is 12.7 Å². The van der Waals surface area contributed by atoms with Crippen LogP contribution in [0.5, 0.6) is 0 Å². The van der Waals surface area contributed by atoms with Crippen molar-refractivity contribution in [1.29, 1.82) is 0 Å². The van der Waals surface area contributed by atoms with E-state index in [1.807, 2.05) is 6.26 Å². The average Bonchev–Trinajstić information content (AvgIpc) is 2.53. The Morgan fingerprint density at radius 1 is 1.33 bits per heavy atom. The van der Waals surface area contributed by atoms with Crippen LogP contribution in [0.2, 0.25) is 0 Å². The number of rotatable bonds is 2. The van der Waals surface area contributed by atoms with Crippen LogP contribution in [0.3, 0.4) is 0 Å². The van der Waals surface area contributed by atoms with Crippen molar-refractivity contribution in [3.8, 4) is 0 Å². The van der Waals surface area contributed by atoms with Crippen molar-refractivity contribution in [1.82, 2.24) is 15.0 Å². The second-order valence-electron chi connectivity index (χ2n) is 4.33. The first kappa shape index (κ1) is 13.6. The number of aromatic amines is 1. The van der Waals surface area contributed by atoms with E-state index in [4.69, 9.17) is 0 Å². The van der Waals surface area contributed by atoms with E-state index in [1.165, 1.54) is 18.9 Å². The van der Waals surface area contributed by atoms with Crippen LogP contribution in [0.15, 0.2) is 34.3 Å². The second kappa shape index (κ2) is 5.17. The van der Waals surface area contributed by atoms with E-state index in [1.54, 1.807) is 24.4 Å². The quantitative estimate of drug-likeness (QED) is 0.337. The second-order valence-corrected chi connectivity index (χ2v) is 5.10. The number of nitrogens with one attached hydrogen (secondary N) is 1. The van der Waals surface area contributed by atoms with Crippen LogP contribution in [0.25, 0.3) is 21.8 Å². The van der Waals surface area contributed by atoms with E-state index < -0.39 is 5.97 Å². The highest BCUT2D eigenvalue weighted by Crippen LogP contribution is 2.22. The molecule has 0 atom stereocenters. The zero-order chi connectivity index (χ0) is 15.0. The Kier molecular flexibility index (Phi) is 3.34. The first-order valence-electron chi connectivity index (χ1n) is 6.09. The fourth-order valence-corrected chi connectivity index (χ4v) is 2.48. The molecule has 2 aromatic heterocycles. The fourth-order valence-electron chi connectivity index (χ4n) is 2.14. The third-order valence-electron chi connectivity index (χ3n) is 3.14. The molecular weight excluding hydrogens is 290 g/mol. The van der Waals surface area contributed by atoms with Gasteiger partial charge in [-0.05, 0) is 18.4 Å². The van der Waals surface area contributed by atoms with Crippen LogP contribution in [0.4, 0.5) is 0 Å². The summed E-state index contributed by atoms with van der Waals surface area (Å²) in [5, 5.41) is 1.98. The molecule has 7 heteroatoms. The summed E-state index contributed by atoms with van der Waals surface area (Å²) in [4.78, 5) is 34.9. The number of carbonyl (C=O) groups excluding carboxylic acids is 1. The number of nitrogens with zero attached hydrogens (tertiary/aromatic N) is 2. The lowest BCUT2D eigenvalue weighted by atomic mass is 10.1. The number of benzene rings is 1. The molecule has 0 saturated heterocycles.